The Bertz CT molecular complexity index is 503. The van der Waals surface area contributed by atoms with Crippen LogP contribution in [0.5, 0.6) is 5.75 Å². The van der Waals surface area contributed by atoms with Crippen LogP contribution in [0.15, 0.2) is 12.1 Å². The first kappa shape index (κ1) is 16.4. The van der Waals surface area contributed by atoms with Gasteiger partial charge in [0.15, 0.2) is 6.61 Å². The molecule has 0 spiro atoms. The molecule has 0 atom stereocenters. The van der Waals surface area contributed by atoms with Crippen LogP contribution in [-0.2, 0) is 11.3 Å². The third-order valence-corrected chi connectivity index (χ3v) is 4.00. The molecule has 21 heavy (non-hydrogen) atoms. The highest BCUT2D eigenvalue weighted by atomic mass is 35.5. The fourth-order valence-electron chi connectivity index (χ4n) is 2.47. The average molecular weight is 331 g/mol. The highest BCUT2D eigenvalue weighted by molar-refractivity contribution is 6.35. The molecule has 1 aliphatic rings. The molecular weight excluding hydrogens is 311 g/mol. The maximum absolute atomic E-state index is 12.1. The molecular formula is C15H20Cl2N2O2. The van der Waals surface area contributed by atoms with E-state index in [4.69, 9.17) is 27.9 Å². The summed E-state index contributed by atoms with van der Waals surface area (Å²) in [7, 11) is 1.83. The number of likely N-dealkylation sites (tertiary alicyclic amines) is 1. The third-order valence-electron chi connectivity index (χ3n) is 3.50. The van der Waals surface area contributed by atoms with E-state index in [1.165, 1.54) is 6.42 Å². The summed E-state index contributed by atoms with van der Waals surface area (Å²) < 4.78 is 5.67. The molecule has 1 aromatic rings. The molecule has 0 bridgehead atoms. The fraction of sp³-hybridized carbons (Fsp3) is 0.533. The number of nitrogens with zero attached hydrogens (tertiary/aromatic N) is 1. The standard InChI is InChI=1S/C15H20Cl2N2O2/c1-18-9-11-7-12(16)8-13(17)15(11)21-10-14(20)19-5-3-2-4-6-19/h7-8,18H,2-6,9-10H2,1H3. The van der Waals surface area contributed by atoms with Crippen LogP contribution in [0, 0.1) is 0 Å². The van der Waals surface area contributed by atoms with Gasteiger partial charge in [0.25, 0.3) is 5.91 Å². The zero-order valence-electron chi connectivity index (χ0n) is 12.1. The molecule has 4 nitrogen and oxygen atoms in total. The van der Waals surface area contributed by atoms with Crippen molar-refractivity contribution in [1.29, 1.82) is 0 Å². The number of benzene rings is 1. The number of amides is 1. The summed E-state index contributed by atoms with van der Waals surface area (Å²) in [4.78, 5) is 14.0. The van der Waals surface area contributed by atoms with E-state index in [1.807, 2.05) is 11.9 Å². The summed E-state index contributed by atoms with van der Waals surface area (Å²) >= 11 is 12.2. The monoisotopic (exact) mass is 330 g/mol. The van der Waals surface area contributed by atoms with E-state index >= 15 is 0 Å². The zero-order valence-corrected chi connectivity index (χ0v) is 13.6. The number of hydrogen-bond donors (Lipinski definition) is 1. The second kappa shape index (κ2) is 7.87. The van der Waals surface area contributed by atoms with Crippen LogP contribution in [-0.4, -0.2) is 37.6 Å². The minimum Gasteiger partial charge on any atom is -0.482 e. The van der Waals surface area contributed by atoms with Crippen LogP contribution in [0.25, 0.3) is 0 Å². The summed E-state index contributed by atoms with van der Waals surface area (Å²) in [6.45, 7) is 2.23. The van der Waals surface area contributed by atoms with Gasteiger partial charge in [-0.05, 0) is 38.4 Å². The van der Waals surface area contributed by atoms with E-state index in [1.54, 1.807) is 12.1 Å². The van der Waals surface area contributed by atoms with Crippen molar-refractivity contribution in [3.05, 3.63) is 27.7 Å². The van der Waals surface area contributed by atoms with Gasteiger partial charge in [0.2, 0.25) is 0 Å². The molecule has 0 radical (unpaired) electrons. The van der Waals surface area contributed by atoms with Crippen molar-refractivity contribution in [1.82, 2.24) is 10.2 Å². The Balaban J connectivity index is 2.03. The second-order valence-corrected chi connectivity index (χ2v) is 5.98. The van der Waals surface area contributed by atoms with E-state index in [0.29, 0.717) is 22.3 Å². The van der Waals surface area contributed by atoms with E-state index in [0.717, 1.165) is 31.5 Å². The molecule has 1 fully saturated rings. The molecule has 1 aromatic carbocycles. The number of rotatable bonds is 5. The summed E-state index contributed by atoms with van der Waals surface area (Å²) in [6.07, 6.45) is 3.33. The van der Waals surface area contributed by atoms with Gasteiger partial charge in [-0.25, -0.2) is 0 Å². The maximum atomic E-state index is 12.1. The van der Waals surface area contributed by atoms with E-state index in [2.05, 4.69) is 5.32 Å². The molecule has 1 N–H and O–H groups in total. The number of ether oxygens (including phenoxy) is 1. The van der Waals surface area contributed by atoms with Crippen molar-refractivity contribution in [3.63, 3.8) is 0 Å². The quantitative estimate of drug-likeness (QED) is 0.901. The van der Waals surface area contributed by atoms with Gasteiger partial charge in [-0.3, -0.25) is 4.79 Å². The average Bonchev–Trinajstić information content (AvgIpc) is 2.47. The molecule has 116 valence electrons. The van der Waals surface area contributed by atoms with Gasteiger partial charge >= 0.3 is 0 Å². The van der Waals surface area contributed by atoms with E-state index in [-0.39, 0.29) is 12.5 Å². The van der Waals surface area contributed by atoms with Crippen LogP contribution in [0.1, 0.15) is 24.8 Å². The van der Waals surface area contributed by atoms with Gasteiger partial charge in [0.1, 0.15) is 5.75 Å². The van der Waals surface area contributed by atoms with Crippen molar-refractivity contribution in [3.8, 4) is 5.75 Å². The largest absolute Gasteiger partial charge is 0.482 e. The molecule has 0 saturated carbocycles. The number of carbonyl (C=O) groups is 1. The Morgan fingerprint density at radius 3 is 2.67 bits per heavy atom. The Hall–Kier alpha value is -0.970. The number of halogens is 2. The molecule has 1 aliphatic heterocycles. The van der Waals surface area contributed by atoms with Gasteiger partial charge in [0.05, 0.1) is 5.02 Å². The third kappa shape index (κ3) is 4.50. The first-order valence-corrected chi connectivity index (χ1v) is 7.90. The zero-order chi connectivity index (χ0) is 15.2. The van der Waals surface area contributed by atoms with Gasteiger partial charge in [-0.1, -0.05) is 23.2 Å². The van der Waals surface area contributed by atoms with Crippen molar-refractivity contribution < 1.29 is 9.53 Å². The highest BCUT2D eigenvalue weighted by Gasteiger charge is 2.18. The summed E-state index contributed by atoms with van der Waals surface area (Å²) in [5.74, 6) is 0.539. The fourth-order valence-corrected chi connectivity index (χ4v) is 3.06. The lowest BCUT2D eigenvalue weighted by atomic mass is 10.1. The number of carbonyl (C=O) groups excluding carboxylic acids is 1. The number of nitrogens with one attached hydrogen (secondary N) is 1. The molecule has 1 heterocycles. The molecule has 0 unspecified atom stereocenters. The maximum Gasteiger partial charge on any atom is 0.260 e. The lowest BCUT2D eigenvalue weighted by molar-refractivity contribution is -0.134. The smallest absolute Gasteiger partial charge is 0.260 e. The Morgan fingerprint density at radius 2 is 2.00 bits per heavy atom. The molecule has 1 amide bonds. The summed E-state index contributed by atoms with van der Waals surface area (Å²) in [5, 5.41) is 4.02. The lowest BCUT2D eigenvalue weighted by Gasteiger charge is -2.26. The van der Waals surface area contributed by atoms with Crippen molar-refractivity contribution in [2.75, 3.05) is 26.7 Å². The SMILES string of the molecule is CNCc1cc(Cl)cc(Cl)c1OCC(=O)N1CCCCC1. The first-order valence-electron chi connectivity index (χ1n) is 7.15. The van der Waals surface area contributed by atoms with Crippen LogP contribution < -0.4 is 10.1 Å². The summed E-state index contributed by atoms with van der Waals surface area (Å²) in [6, 6.07) is 3.42. The van der Waals surface area contributed by atoms with Crippen LogP contribution in [0.2, 0.25) is 10.0 Å². The van der Waals surface area contributed by atoms with Crippen molar-refractivity contribution in [2.45, 2.75) is 25.8 Å². The highest BCUT2D eigenvalue weighted by Crippen LogP contribution is 2.32. The van der Waals surface area contributed by atoms with Crippen molar-refractivity contribution in [2.24, 2.45) is 0 Å². The van der Waals surface area contributed by atoms with Gasteiger partial charge in [0, 0.05) is 30.2 Å². The topological polar surface area (TPSA) is 41.6 Å². The minimum atomic E-state index is 0.0103. The first-order chi connectivity index (χ1) is 10.1. The normalized spacial score (nSPS) is 15.1. The Kier molecular flexibility index (Phi) is 6.15. The number of hydrogen-bond acceptors (Lipinski definition) is 3. The van der Waals surface area contributed by atoms with Gasteiger partial charge in [-0.2, -0.15) is 0 Å². The number of piperidine rings is 1. The Morgan fingerprint density at radius 1 is 1.29 bits per heavy atom. The molecule has 1 saturated heterocycles. The van der Waals surface area contributed by atoms with Gasteiger partial charge < -0.3 is 15.0 Å². The van der Waals surface area contributed by atoms with E-state index < -0.39 is 0 Å². The van der Waals surface area contributed by atoms with Crippen LogP contribution in [0.3, 0.4) is 0 Å². The predicted molar refractivity (Wildman–Crippen MR) is 85.2 cm³/mol. The minimum absolute atomic E-state index is 0.0103. The van der Waals surface area contributed by atoms with Crippen LogP contribution >= 0.6 is 23.2 Å². The predicted octanol–water partition coefficient (Wildman–Crippen LogP) is 3.10. The van der Waals surface area contributed by atoms with Crippen molar-refractivity contribution >= 4 is 29.1 Å². The summed E-state index contributed by atoms with van der Waals surface area (Å²) in [5.41, 5.74) is 0.849. The van der Waals surface area contributed by atoms with E-state index in [9.17, 15) is 4.79 Å². The molecule has 0 aromatic heterocycles. The lowest BCUT2D eigenvalue weighted by Crippen LogP contribution is -2.38. The Labute approximate surface area is 135 Å². The van der Waals surface area contributed by atoms with Gasteiger partial charge in [-0.15, -0.1) is 0 Å². The molecule has 2 rings (SSSR count). The van der Waals surface area contributed by atoms with Crippen LogP contribution in [0.4, 0.5) is 0 Å². The molecule has 0 aliphatic carbocycles. The molecule has 6 heteroatoms. The second-order valence-electron chi connectivity index (χ2n) is 5.14.